The first-order valence-corrected chi connectivity index (χ1v) is 8.50. The van der Waals surface area contributed by atoms with Crippen LogP contribution >= 0.6 is 11.6 Å². The van der Waals surface area contributed by atoms with Gasteiger partial charge in [0.2, 0.25) is 0 Å². The lowest BCUT2D eigenvalue weighted by Crippen LogP contribution is -2.36. The number of aliphatic carboxylic acids is 2. The number of rotatable bonds is 5. The highest BCUT2D eigenvalue weighted by molar-refractivity contribution is 6.30. The van der Waals surface area contributed by atoms with Crippen LogP contribution in [0.15, 0.2) is 46.8 Å². The molecule has 2 rings (SSSR count). The second-order valence-corrected chi connectivity index (χ2v) is 7.12. The van der Waals surface area contributed by atoms with Gasteiger partial charge in [0, 0.05) is 16.4 Å². The molecule has 0 fully saturated rings. The second kappa shape index (κ2) is 7.31. The third kappa shape index (κ3) is 3.71. The molecule has 0 unspecified atom stereocenters. The molecule has 3 N–H and O–H groups in total. The molecular formula is C19H22ClNO4. The number of carboxylic acids is 2. The van der Waals surface area contributed by atoms with Gasteiger partial charge >= 0.3 is 11.9 Å². The first kappa shape index (κ1) is 19.1. The van der Waals surface area contributed by atoms with Crippen LogP contribution in [0.1, 0.15) is 39.2 Å². The van der Waals surface area contributed by atoms with E-state index in [0.717, 1.165) is 0 Å². The van der Waals surface area contributed by atoms with Crippen LogP contribution in [0, 0.1) is 11.8 Å². The Balaban J connectivity index is 2.81. The van der Waals surface area contributed by atoms with E-state index in [-0.39, 0.29) is 23.0 Å². The minimum Gasteiger partial charge on any atom is -0.478 e. The van der Waals surface area contributed by atoms with E-state index in [1.54, 1.807) is 24.3 Å². The van der Waals surface area contributed by atoms with E-state index in [1.807, 2.05) is 27.7 Å². The topological polar surface area (TPSA) is 86.6 Å². The summed E-state index contributed by atoms with van der Waals surface area (Å²) in [5.41, 5.74) is 1.82. The Labute approximate surface area is 152 Å². The number of dihydropyridines is 1. The number of allylic oxidation sites excluding steroid dienone is 2. The van der Waals surface area contributed by atoms with Crippen molar-refractivity contribution in [2.45, 2.75) is 33.6 Å². The Morgan fingerprint density at radius 3 is 1.64 bits per heavy atom. The molecule has 134 valence electrons. The van der Waals surface area contributed by atoms with Crippen LogP contribution in [0.25, 0.3) is 0 Å². The zero-order valence-electron chi connectivity index (χ0n) is 14.6. The maximum atomic E-state index is 12.0. The average molecular weight is 364 g/mol. The first-order valence-electron chi connectivity index (χ1n) is 8.12. The molecule has 0 radical (unpaired) electrons. The molecule has 1 aromatic rings. The van der Waals surface area contributed by atoms with Gasteiger partial charge in [0.05, 0.1) is 17.1 Å². The molecule has 1 aromatic carbocycles. The van der Waals surface area contributed by atoms with Crippen molar-refractivity contribution in [3.8, 4) is 0 Å². The Morgan fingerprint density at radius 2 is 1.32 bits per heavy atom. The maximum Gasteiger partial charge on any atom is 0.334 e. The standard InChI is InChI=1S/C19H22ClNO4/c1-9(2)16-14(18(22)23)13(11-5-7-12(20)8-6-11)15(19(24)25)17(21-16)10(3)4/h5-10,13,21H,1-4H3,(H,22,23)(H,24,25). The predicted octanol–water partition coefficient (Wildman–Crippen LogP) is 4.02. The molecule has 0 aliphatic carbocycles. The highest BCUT2D eigenvalue weighted by Gasteiger charge is 2.39. The molecule has 0 amide bonds. The number of carboxylic acid groups (broad SMARTS) is 2. The third-order valence-corrected chi connectivity index (χ3v) is 4.50. The van der Waals surface area contributed by atoms with Gasteiger partial charge in [0.25, 0.3) is 0 Å². The van der Waals surface area contributed by atoms with Gasteiger partial charge in [-0.2, -0.15) is 0 Å². The molecule has 1 aliphatic rings. The first-order chi connectivity index (χ1) is 11.6. The molecule has 1 aliphatic heterocycles. The van der Waals surface area contributed by atoms with Crippen molar-refractivity contribution in [1.82, 2.24) is 5.32 Å². The van der Waals surface area contributed by atoms with Gasteiger partial charge < -0.3 is 15.5 Å². The average Bonchev–Trinajstić information content (AvgIpc) is 2.52. The van der Waals surface area contributed by atoms with Crippen LogP contribution in [-0.4, -0.2) is 22.2 Å². The Bertz CT molecular complexity index is 718. The molecule has 0 spiro atoms. The molecule has 0 saturated carbocycles. The summed E-state index contributed by atoms with van der Waals surface area (Å²) in [6.07, 6.45) is 0. The number of nitrogens with one attached hydrogen (secondary N) is 1. The van der Waals surface area contributed by atoms with Gasteiger partial charge in [-0.05, 0) is 29.5 Å². The minimum absolute atomic E-state index is 0.0686. The van der Waals surface area contributed by atoms with Crippen LogP contribution in [0.2, 0.25) is 5.02 Å². The maximum absolute atomic E-state index is 12.0. The molecule has 0 atom stereocenters. The van der Waals surface area contributed by atoms with Crippen molar-refractivity contribution < 1.29 is 19.8 Å². The fraction of sp³-hybridized carbons (Fsp3) is 0.368. The lowest BCUT2D eigenvalue weighted by Gasteiger charge is -2.34. The van der Waals surface area contributed by atoms with Gasteiger partial charge in [0.15, 0.2) is 0 Å². The summed E-state index contributed by atoms with van der Waals surface area (Å²) in [4.78, 5) is 24.1. The Morgan fingerprint density at radius 1 is 0.920 bits per heavy atom. The van der Waals surface area contributed by atoms with Crippen molar-refractivity contribution in [2.24, 2.45) is 11.8 Å². The highest BCUT2D eigenvalue weighted by Crippen LogP contribution is 2.41. The van der Waals surface area contributed by atoms with Gasteiger partial charge in [-0.15, -0.1) is 0 Å². The summed E-state index contributed by atoms with van der Waals surface area (Å²) >= 11 is 5.94. The van der Waals surface area contributed by atoms with Crippen LogP contribution in [0.4, 0.5) is 0 Å². The molecular weight excluding hydrogens is 342 g/mol. The van der Waals surface area contributed by atoms with E-state index in [9.17, 15) is 19.8 Å². The van der Waals surface area contributed by atoms with Gasteiger partial charge in [0.1, 0.15) is 0 Å². The number of benzene rings is 1. The molecule has 0 bridgehead atoms. The van der Waals surface area contributed by atoms with Crippen LogP contribution in [0.5, 0.6) is 0 Å². The van der Waals surface area contributed by atoms with Gasteiger partial charge in [-0.3, -0.25) is 0 Å². The fourth-order valence-corrected chi connectivity index (χ4v) is 3.24. The fourth-order valence-electron chi connectivity index (χ4n) is 3.11. The van der Waals surface area contributed by atoms with Gasteiger partial charge in [-0.25, -0.2) is 9.59 Å². The van der Waals surface area contributed by atoms with Crippen molar-refractivity contribution >= 4 is 23.5 Å². The van der Waals surface area contributed by atoms with Crippen LogP contribution < -0.4 is 5.32 Å². The monoisotopic (exact) mass is 363 g/mol. The second-order valence-electron chi connectivity index (χ2n) is 6.68. The zero-order chi connectivity index (χ0) is 18.9. The SMILES string of the molecule is CC(C)C1=C(C(=O)O)C(c2ccc(Cl)cc2)C(C(=O)O)=C(C(C)C)N1. The highest BCUT2D eigenvalue weighted by atomic mass is 35.5. The summed E-state index contributed by atoms with van der Waals surface area (Å²) in [6, 6.07) is 6.64. The smallest absolute Gasteiger partial charge is 0.334 e. The van der Waals surface area contributed by atoms with E-state index in [0.29, 0.717) is 22.0 Å². The Hall–Kier alpha value is -2.27. The summed E-state index contributed by atoms with van der Waals surface area (Å²) < 4.78 is 0. The number of carbonyl (C=O) groups is 2. The van der Waals surface area contributed by atoms with Crippen LogP contribution in [-0.2, 0) is 9.59 Å². The summed E-state index contributed by atoms with van der Waals surface area (Å²) in [5.74, 6) is -3.30. The summed E-state index contributed by atoms with van der Waals surface area (Å²) in [7, 11) is 0. The lowest BCUT2D eigenvalue weighted by atomic mass is 9.77. The zero-order valence-corrected chi connectivity index (χ0v) is 15.4. The summed E-state index contributed by atoms with van der Waals surface area (Å²) in [5, 5.41) is 23.3. The van der Waals surface area contributed by atoms with E-state index in [2.05, 4.69) is 5.32 Å². The van der Waals surface area contributed by atoms with Crippen molar-refractivity contribution in [3.05, 3.63) is 57.4 Å². The van der Waals surface area contributed by atoms with Crippen molar-refractivity contribution in [1.29, 1.82) is 0 Å². The molecule has 6 heteroatoms. The minimum atomic E-state index is -1.13. The quantitative estimate of drug-likeness (QED) is 0.735. The van der Waals surface area contributed by atoms with E-state index < -0.39 is 17.9 Å². The number of hydrogen-bond acceptors (Lipinski definition) is 3. The normalized spacial score (nSPS) is 15.8. The lowest BCUT2D eigenvalue weighted by molar-refractivity contribution is -0.133. The van der Waals surface area contributed by atoms with Crippen molar-refractivity contribution in [3.63, 3.8) is 0 Å². The molecule has 5 nitrogen and oxygen atoms in total. The van der Waals surface area contributed by atoms with Crippen LogP contribution in [0.3, 0.4) is 0 Å². The summed E-state index contributed by atoms with van der Waals surface area (Å²) in [6.45, 7) is 7.53. The number of hydrogen-bond donors (Lipinski definition) is 3. The third-order valence-electron chi connectivity index (χ3n) is 4.25. The molecule has 0 aromatic heterocycles. The molecule has 1 heterocycles. The largest absolute Gasteiger partial charge is 0.478 e. The van der Waals surface area contributed by atoms with E-state index in [4.69, 9.17) is 11.6 Å². The molecule has 0 saturated heterocycles. The predicted molar refractivity (Wildman–Crippen MR) is 96.3 cm³/mol. The number of halogens is 1. The van der Waals surface area contributed by atoms with E-state index in [1.165, 1.54) is 0 Å². The van der Waals surface area contributed by atoms with Gasteiger partial charge in [-0.1, -0.05) is 51.4 Å². The van der Waals surface area contributed by atoms with E-state index >= 15 is 0 Å². The van der Waals surface area contributed by atoms with Crippen molar-refractivity contribution in [2.75, 3.05) is 0 Å². The molecule has 25 heavy (non-hydrogen) atoms. The Kier molecular flexibility index (Phi) is 5.58.